The first kappa shape index (κ1) is 27.2. The third kappa shape index (κ3) is 5.23. The van der Waals surface area contributed by atoms with Crippen molar-refractivity contribution in [3.05, 3.63) is 70.8 Å². The Labute approximate surface area is 236 Å². The number of aliphatic hydroxyl groups excluding tert-OH is 1. The SMILES string of the molecule is CN(C)C(=O)c1ccc(N2CCN(C3CC4(C3)CN(C(=O)[C-](O)c3ccccc3)C4)CC2)cc1Cl.[Sc]. The number of carbonyl (C=O) groups is 2. The van der Waals surface area contributed by atoms with Gasteiger partial charge in [0.25, 0.3) is 5.91 Å². The minimum absolute atomic E-state index is 0. The maximum Gasteiger partial charge on any atom is 0.254 e. The average molecular weight is 541 g/mol. The molecule has 189 valence electrons. The van der Waals surface area contributed by atoms with Gasteiger partial charge in [0.1, 0.15) is 0 Å². The van der Waals surface area contributed by atoms with Crippen molar-refractivity contribution < 1.29 is 40.5 Å². The minimum Gasteiger partial charge on any atom is -0.416 e. The van der Waals surface area contributed by atoms with E-state index in [4.69, 9.17) is 11.6 Å². The van der Waals surface area contributed by atoms with Crippen molar-refractivity contribution in [2.75, 3.05) is 58.3 Å². The number of benzene rings is 2. The van der Waals surface area contributed by atoms with Gasteiger partial charge in [-0.15, -0.1) is 12.1 Å². The van der Waals surface area contributed by atoms with Gasteiger partial charge in [-0.3, -0.25) is 14.5 Å². The number of amides is 2. The van der Waals surface area contributed by atoms with E-state index in [2.05, 4.69) is 9.80 Å². The summed E-state index contributed by atoms with van der Waals surface area (Å²) in [5.74, 6) is -0.356. The molecule has 3 fully saturated rings. The van der Waals surface area contributed by atoms with Crippen LogP contribution in [0.4, 0.5) is 5.69 Å². The number of carbonyl (C=O) groups excluding carboxylic acids is 2. The van der Waals surface area contributed by atoms with Crippen LogP contribution in [-0.4, -0.2) is 91.0 Å². The molecule has 2 aromatic carbocycles. The summed E-state index contributed by atoms with van der Waals surface area (Å²) in [7, 11) is 3.45. The molecule has 2 aliphatic heterocycles. The molecule has 1 saturated carbocycles. The summed E-state index contributed by atoms with van der Waals surface area (Å²) in [6, 6.07) is 15.3. The monoisotopic (exact) mass is 540 g/mol. The van der Waals surface area contributed by atoms with Crippen LogP contribution in [0.1, 0.15) is 28.8 Å². The number of nitrogens with zero attached hydrogens (tertiary/aromatic N) is 4. The number of hydrogen-bond acceptors (Lipinski definition) is 5. The molecular formula is C27H32ClN4O3Sc-. The second-order valence-corrected chi connectivity index (χ2v) is 10.7. The standard InChI is InChI=1S/C27H32ClN4O3.Sc/c1-29(2)25(34)22-9-8-20(14-23(22)28)30-10-12-31(13-11-30)21-15-27(16-21)17-32(18-27)26(35)24(33)19-6-4-3-5-7-19;/h3-9,14,21,33H,10-13,15-18H2,1-2H3;/q-1;. The van der Waals surface area contributed by atoms with Gasteiger partial charge in [0, 0.05) is 102 Å². The fourth-order valence-electron chi connectivity index (χ4n) is 5.69. The van der Waals surface area contributed by atoms with E-state index in [1.807, 2.05) is 36.4 Å². The Morgan fingerprint density at radius 3 is 2.25 bits per heavy atom. The fourth-order valence-corrected chi connectivity index (χ4v) is 5.95. The summed E-state index contributed by atoms with van der Waals surface area (Å²) < 4.78 is 0. The number of rotatable bonds is 5. The van der Waals surface area contributed by atoms with Gasteiger partial charge >= 0.3 is 0 Å². The molecule has 0 atom stereocenters. The van der Waals surface area contributed by atoms with Gasteiger partial charge in [0.15, 0.2) is 0 Å². The Balaban J connectivity index is 0.00000304. The van der Waals surface area contributed by atoms with E-state index in [1.165, 1.54) is 4.90 Å². The van der Waals surface area contributed by atoms with Crippen LogP contribution >= 0.6 is 11.6 Å². The van der Waals surface area contributed by atoms with Gasteiger partial charge in [-0.05, 0) is 31.0 Å². The molecule has 7 nitrogen and oxygen atoms in total. The van der Waals surface area contributed by atoms with Gasteiger partial charge in [0.2, 0.25) is 5.91 Å². The smallest absolute Gasteiger partial charge is 0.254 e. The first-order valence-electron chi connectivity index (χ1n) is 12.2. The van der Waals surface area contributed by atoms with E-state index in [9.17, 15) is 14.7 Å². The third-order valence-corrected chi connectivity index (χ3v) is 8.02. The maximum atomic E-state index is 12.6. The van der Waals surface area contributed by atoms with Crippen molar-refractivity contribution in [2.24, 2.45) is 5.41 Å². The van der Waals surface area contributed by atoms with E-state index >= 15 is 0 Å². The quantitative estimate of drug-likeness (QED) is 0.591. The second-order valence-electron chi connectivity index (χ2n) is 10.3. The average Bonchev–Trinajstić information content (AvgIpc) is 2.82. The van der Waals surface area contributed by atoms with Crippen LogP contribution < -0.4 is 4.90 Å². The molecule has 1 aliphatic carbocycles. The summed E-state index contributed by atoms with van der Waals surface area (Å²) in [5, 5.41) is 10.8. The zero-order chi connectivity index (χ0) is 24.7. The Morgan fingerprint density at radius 1 is 1.03 bits per heavy atom. The Kier molecular flexibility index (Phi) is 8.19. The molecule has 1 spiro atoms. The molecule has 2 amide bonds. The van der Waals surface area contributed by atoms with Gasteiger partial charge < -0.3 is 19.8 Å². The van der Waals surface area contributed by atoms with Crippen molar-refractivity contribution in [2.45, 2.75) is 18.9 Å². The Morgan fingerprint density at radius 2 is 1.67 bits per heavy atom. The predicted octanol–water partition coefficient (Wildman–Crippen LogP) is 3.11. The number of halogens is 1. The number of hydrogen-bond donors (Lipinski definition) is 1. The molecular weight excluding hydrogens is 509 g/mol. The van der Waals surface area contributed by atoms with E-state index in [0.717, 1.165) is 57.8 Å². The van der Waals surface area contributed by atoms with Gasteiger partial charge in [-0.2, -0.15) is 17.7 Å². The van der Waals surface area contributed by atoms with E-state index in [-0.39, 0.29) is 49.2 Å². The Hall–Kier alpha value is -1.87. The van der Waals surface area contributed by atoms with Crippen LogP contribution in [0.2, 0.25) is 5.02 Å². The first-order chi connectivity index (χ1) is 16.8. The van der Waals surface area contributed by atoms with Crippen molar-refractivity contribution in [3.8, 4) is 0 Å². The zero-order valence-electron chi connectivity index (χ0n) is 20.9. The van der Waals surface area contributed by atoms with Crippen molar-refractivity contribution in [1.29, 1.82) is 0 Å². The summed E-state index contributed by atoms with van der Waals surface area (Å²) in [5.41, 5.74) is 2.37. The largest absolute Gasteiger partial charge is 0.416 e. The van der Waals surface area contributed by atoms with Gasteiger partial charge in [0.05, 0.1) is 10.6 Å². The van der Waals surface area contributed by atoms with Gasteiger partial charge in [-0.25, -0.2) is 0 Å². The van der Waals surface area contributed by atoms with Crippen LogP contribution in [0, 0.1) is 11.5 Å². The molecule has 9 heteroatoms. The van der Waals surface area contributed by atoms with E-state index < -0.39 is 0 Å². The third-order valence-electron chi connectivity index (χ3n) is 7.71. The van der Waals surface area contributed by atoms with Gasteiger partial charge in [-0.1, -0.05) is 17.7 Å². The van der Waals surface area contributed by atoms with E-state index in [0.29, 0.717) is 22.2 Å². The van der Waals surface area contributed by atoms with Crippen LogP contribution in [0.25, 0.3) is 0 Å². The molecule has 2 saturated heterocycles. The second kappa shape index (κ2) is 10.9. The molecule has 36 heavy (non-hydrogen) atoms. The first-order valence-corrected chi connectivity index (χ1v) is 12.5. The number of aliphatic hydroxyl groups is 1. The number of piperazine rings is 1. The molecule has 2 aromatic rings. The van der Waals surface area contributed by atoms with E-state index in [1.54, 1.807) is 31.1 Å². The molecule has 1 radical (unpaired) electrons. The summed E-state index contributed by atoms with van der Waals surface area (Å²) in [4.78, 5) is 33.0. The Bertz CT molecular complexity index is 1090. The zero-order valence-corrected chi connectivity index (χ0v) is 23.4. The molecule has 0 unspecified atom stereocenters. The predicted molar refractivity (Wildman–Crippen MR) is 136 cm³/mol. The van der Waals surface area contributed by atoms with Crippen molar-refractivity contribution in [3.63, 3.8) is 0 Å². The molecule has 5 rings (SSSR count). The van der Waals surface area contributed by atoms with Crippen LogP contribution in [-0.2, 0) is 30.6 Å². The summed E-state index contributed by atoms with van der Waals surface area (Å²) >= 11 is 6.41. The van der Waals surface area contributed by atoms with Crippen molar-refractivity contribution in [1.82, 2.24) is 14.7 Å². The fraction of sp³-hybridized carbons (Fsp3) is 0.444. The molecule has 1 N–H and O–H groups in total. The number of anilines is 1. The van der Waals surface area contributed by atoms with Crippen molar-refractivity contribution >= 4 is 29.1 Å². The maximum absolute atomic E-state index is 12.6. The van der Waals surface area contributed by atoms with Crippen LogP contribution in [0.3, 0.4) is 0 Å². The number of likely N-dealkylation sites (tertiary alicyclic amines) is 1. The van der Waals surface area contributed by atoms with Crippen LogP contribution in [0.5, 0.6) is 0 Å². The minimum atomic E-state index is -0.268. The normalized spacial score (nSPS) is 19.2. The summed E-state index contributed by atoms with van der Waals surface area (Å²) in [6.07, 6.45) is 2.05. The topological polar surface area (TPSA) is 67.3 Å². The molecule has 0 bridgehead atoms. The summed E-state index contributed by atoms with van der Waals surface area (Å²) in [6.45, 7) is 5.28. The molecule has 2 heterocycles. The molecule has 3 aliphatic rings. The van der Waals surface area contributed by atoms with Crippen LogP contribution in [0.15, 0.2) is 48.5 Å². The molecule has 0 aromatic heterocycles.